The number of hydrogen-bond donors (Lipinski definition) is 1. The molecule has 1 fully saturated rings. The molecule has 132 valence electrons. The van der Waals surface area contributed by atoms with E-state index in [0.717, 1.165) is 12.8 Å². The van der Waals surface area contributed by atoms with Crippen LogP contribution in [0.15, 0.2) is 17.0 Å². The maximum atomic E-state index is 12.8. The van der Waals surface area contributed by atoms with Crippen molar-refractivity contribution in [1.82, 2.24) is 4.90 Å². The molecule has 7 nitrogen and oxygen atoms in total. The van der Waals surface area contributed by atoms with Gasteiger partial charge in [0.15, 0.2) is 0 Å². The Morgan fingerprint density at radius 3 is 2.54 bits per heavy atom. The van der Waals surface area contributed by atoms with Crippen molar-refractivity contribution in [2.75, 3.05) is 26.5 Å². The summed E-state index contributed by atoms with van der Waals surface area (Å²) in [5, 5.41) is 11.4. The van der Waals surface area contributed by atoms with E-state index < -0.39 is 4.92 Å². The highest BCUT2D eigenvalue weighted by molar-refractivity contribution is 7.98. The van der Waals surface area contributed by atoms with Crippen LogP contribution < -0.4 is 10.5 Å². The van der Waals surface area contributed by atoms with Gasteiger partial charge in [-0.25, -0.2) is 0 Å². The van der Waals surface area contributed by atoms with Crippen molar-refractivity contribution in [3.63, 3.8) is 0 Å². The van der Waals surface area contributed by atoms with Crippen LogP contribution in [0.25, 0.3) is 0 Å². The van der Waals surface area contributed by atoms with Gasteiger partial charge in [0.25, 0.3) is 11.6 Å². The normalized spacial score (nSPS) is 16.8. The van der Waals surface area contributed by atoms with Crippen molar-refractivity contribution in [2.24, 2.45) is 11.7 Å². The van der Waals surface area contributed by atoms with Gasteiger partial charge in [-0.05, 0) is 38.0 Å². The van der Waals surface area contributed by atoms with Gasteiger partial charge in [-0.3, -0.25) is 14.9 Å². The Morgan fingerprint density at radius 1 is 1.46 bits per heavy atom. The number of nitrogens with zero attached hydrogens (tertiary/aromatic N) is 2. The number of methoxy groups -OCH3 is 1. The standard InChI is InChI=1S/C16H23N3O4S/c1-10(17)11-4-6-18(7-5-11)16(20)12-8-15(24-3)14(23-2)9-13(12)19(21)22/h8-11H,4-7,17H2,1-3H3. The number of piperidine rings is 1. The van der Waals surface area contributed by atoms with Crippen molar-refractivity contribution in [3.05, 3.63) is 27.8 Å². The molecular weight excluding hydrogens is 330 g/mol. The second-order valence-electron chi connectivity index (χ2n) is 5.97. The average Bonchev–Trinajstić information content (AvgIpc) is 2.59. The van der Waals surface area contributed by atoms with E-state index in [1.54, 1.807) is 11.0 Å². The van der Waals surface area contributed by atoms with Crippen LogP contribution in [0.4, 0.5) is 5.69 Å². The minimum atomic E-state index is -0.533. The monoisotopic (exact) mass is 353 g/mol. The van der Waals surface area contributed by atoms with Gasteiger partial charge in [-0.1, -0.05) is 0 Å². The van der Waals surface area contributed by atoms with Gasteiger partial charge < -0.3 is 15.4 Å². The third-order valence-corrected chi connectivity index (χ3v) is 5.26. The fourth-order valence-corrected chi connectivity index (χ4v) is 3.57. The summed E-state index contributed by atoms with van der Waals surface area (Å²) in [6.07, 6.45) is 3.48. The number of nitro benzene ring substituents is 1. The number of nitrogens with two attached hydrogens (primary N) is 1. The lowest BCUT2D eigenvalue weighted by molar-refractivity contribution is -0.385. The highest BCUT2D eigenvalue weighted by Gasteiger charge is 2.30. The predicted molar refractivity (Wildman–Crippen MR) is 93.7 cm³/mol. The maximum Gasteiger partial charge on any atom is 0.285 e. The molecule has 1 atom stereocenters. The fraction of sp³-hybridized carbons (Fsp3) is 0.562. The van der Waals surface area contributed by atoms with Gasteiger partial charge >= 0.3 is 0 Å². The number of carbonyl (C=O) groups excluding carboxylic acids is 1. The van der Waals surface area contributed by atoms with Crippen molar-refractivity contribution in [3.8, 4) is 5.75 Å². The van der Waals surface area contributed by atoms with Crippen LogP contribution >= 0.6 is 11.8 Å². The Labute approximate surface area is 145 Å². The molecule has 2 rings (SSSR count). The molecule has 1 aliphatic heterocycles. The number of amides is 1. The van der Waals surface area contributed by atoms with Crippen LogP contribution in [0.3, 0.4) is 0 Å². The summed E-state index contributed by atoms with van der Waals surface area (Å²) in [7, 11) is 1.46. The van der Waals surface area contributed by atoms with Crippen molar-refractivity contribution >= 4 is 23.4 Å². The van der Waals surface area contributed by atoms with E-state index >= 15 is 0 Å². The largest absolute Gasteiger partial charge is 0.495 e. The molecule has 0 aromatic heterocycles. The van der Waals surface area contributed by atoms with Crippen LogP contribution in [-0.4, -0.2) is 48.2 Å². The zero-order chi connectivity index (χ0) is 17.9. The van der Waals surface area contributed by atoms with Gasteiger partial charge in [-0.15, -0.1) is 11.8 Å². The minimum absolute atomic E-state index is 0.0978. The van der Waals surface area contributed by atoms with E-state index in [0.29, 0.717) is 29.7 Å². The topological polar surface area (TPSA) is 98.7 Å². The highest BCUT2D eigenvalue weighted by atomic mass is 32.2. The summed E-state index contributed by atoms with van der Waals surface area (Å²) >= 11 is 1.39. The van der Waals surface area contributed by atoms with Gasteiger partial charge in [0.05, 0.1) is 23.0 Å². The van der Waals surface area contributed by atoms with Crippen LogP contribution in [0.5, 0.6) is 5.75 Å². The number of nitro groups is 1. The minimum Gasteiger partial charge on any atom is -0.495 e. The number of carbonyl (C=O) groups is 1. The molecule has 1 heterocycles. The molecule has 1 amide bonds. The molecule has 2 N–H and O–H groups in total. The second kappa shape index (κ2) is 7.85. The number of hydrogen-bond acceptors (Lipinski definition) is 6. The molecule has 0 bridgehead atoms. The third kappa shape index (κ3) is 3.81. The molecule has 0 aliphatic carbocycles. The maximum absolute atomic E-state index is 12.8. The van der Waals surface area contributed by atoms with Gasteiger partial charge in [-0.2, -0.15) is 0 Å². The van der Waals surface area contributed by atoms with E-state index in [9.17, 15) is 14.9 Å². The summed E-state index contributed by atoms with van der Waals surface area (Å²) in [4.78, 5) is 26.0. The van der Waals surface area contributed by atoms with E-state index in [1.807, 2.05) is 13.2 Å². The zero-order valence-corrected chi connectivity index (χ0v) is 15.0. The molecule has 0 spiro atoms. The average molecular weight is 353 g/mol. The SMILES string of the molecule is COc1cc([N+](=O)[O-])c(C(=O)N2CCC(C(C)N)CC2)cc1SC. The van der Waals surface area contributed by atoms with Crippen molar-refractivity contribution < 1.29 is 14.5 Å². The molecule has 1 aromatic rings. The summed E-state index contributed by atoms with van der Waals surface area (Å²) in [6.45, 7) is 3.12. The summed E-state index contributed by atoms with van der Waals surface area (Å²) in [6, 6.07) is 2.98. The van der Waals surface area contributed by atoms with Crippen LogP contribution in [0.1, 0.15) is 30.1 Å². The van der Waals surface area contributed by atoms with E-state index in [1.165, 1.54) is 24.9 Å². The molecule has 1 aliphatic rings. The molecule has 1 unspecified atom stereocenters. The summed E-state index contributed by atoms with van der Waals surface area (Å²) in [5.41, 5.74) is 5.82. The Bertz CT molecular complexity index is 628. The second-order valence-corrected chi connectivity index (χ2v) is 6.82. The first-order chi connectivity index (χ1) is 11.4. The smallest absolute Gasteiger partial charge is 0.285 e. The lowest BCUT2D eigenvalue weighted by Gasteiger charge is -2.33. The highest BCUT2D eigenvalue weighted by Crippen LogP contribution is 2.35. The molecule has 8 heteroatoms. The Hall–Kier alpha value is -1.80. The van der Waals surface area contributed by atoms with Crippen LogP contribution in [0, 0.1) is 16.0 Å². The first-order valence-electron chi connectivity index (χ1n) is 7.84. The molecule has 0 saturated carbocycles. The Kier molecular flexibility index (Phi) is 6.06. The molecule has 1 aromatic carbocycles. The molecule has 24 heavy (non-hydrogen) atoms. The van der Waals surface area contributed by atoms with E-state index in [2.05, 4.69) is 0 Å². The van der Waals surface area contributed by atoms with Crippen LogP contribution in [0.2, 0.25) is 0 Å². The lowest BCUT2D eigenvalue weighted by atomic mass is 9.90. The van der Waals surface area contributed by atoms with Gasteiger partial charge in [0.1, 0.15) is 11.3 Å². The van der Waals surface area contributed by atoms with Crippen LogP contribution in [-0.2, 0) is 0 Å². The Morgan fingerprint density at radius 2 is 2.08 bits per heavy atom. The number of ether oxygens (including phenoxy) is 1. The summed E-state index contributed by atoms with van der Waals surface area (Å²) < 4.78 is 5.18. The molecule has 0 radical (unpaired) electrons. The number of thioether (sulfide) groups is 1. The third-order valence-electron chi connectivity index (χ3n) is 4.50. The quantitative estimate of drug-likeness (QED) is 0.496. The number of rotatable bonds is 5. The van der Waals surface area contributed by atoms with Gasteiger partial charge in [0.2, 0.25) is 0 Å². The zero-order valence-electron chi connectivity index (χ0n) is 14.2. The predicted octanol–water partition coefficient (Wildman–Crippen LogP) is 2.52. The van der Waals surface area contributed by atoms with Crippen molar-refractivity contribution in [2.45, 2.75) is 30.7 Å². The van der Waals surface area contributed by atoms with E-state index in [-0.39, 0.29) is 23.2 Å². The first kappa shape index (κ1) is 18.5. The van der Waals surface area contributed by atoms with Gasteiger partial charge in [0, 0.05) is 19.1 Å². The number of likely N-dealkylation sites (tertiary alicyclic amines) is 1. The summed E-state index contributed by atoms with van der Waals surface area (Å²) in [5.74, 6) is 0.492. The lowest BCUT2D eigenvalue weighted by Crippen LogP contribution is -2.42. The van der Waals surface area contributed by atoms with Crippen molar-refractivity contribution in [1.29, 1.82) is 0 Å². The van der Waals surface area contributed by atoms with E-state index in [4.69, 9.17) is 10.5 Å². The Balaban J connectivity index is 2.30. The molecular formula is C16H23N3O4S. The first-order valence-corrected chi connectivity index (χ1v) is 9.06. The fourth-order valence-electron chi connectivity index (χ4n) is 2.99. The number of benzene rings is 1. The molecule has 1 saturated heterocycles.